The van der Waals surface area contributed by atoms with Gasteiger partial charge in [0.25, 0.3) is 0 Å². The fourth-order valence-corrected chi connectivity index (χ4v) is 1.32. The molecule has 84 valence electrons. The number of hydrogen-bond acceptors (Lipinski definition) is 4. The van der Waals surface area contributed by atoms with Gasteiger partial charge in [-0.05, 0) is 34.1 Å². The van der Waals surface area contributed by atoms with Gasteiger partial charge in [-0.15, -0.1) is 0 Å². The zero-order chi connectivity index (χ0) is 11.5. The smallest absolute Gasteiger partial charge is 0.148 e. The van der Waals surface area contributed by atoms with Crippen LogP contribution in [0.1, 0.15) is 31.7 Å². The van der Waals surface area contributed by atoms with Crippen LogP contribution >= 0.6 is 0 Å². The van der Waals surface area contributed by atoms with Crippen molar-refractivity contribution in [2.75, 3.05) is 11.9 Å². The third kappa shape index (κ3) is 3.47. The van der Waals surface area contributed by atoms with Gasteiger partial charge in [-0.2, -0.15) is 0 Å². The Labute approximate surface area is 90.8 Å². The molecule has 0 amide bonds. The zero-order valence-corrected chi connectivity index (χ0v) is 9.83. The van der Waals surface area contributed by atoms with Crippen LogP contribution in [-0.2, 0) is 0 Å². The largest absolute Gasteiger partial charge is 0.396 e. The van der Waals surface area contributed by atoms with Crippen molar-refractivity contribution in [3.8, 4) is 0 Å². The van der Waals surface area contributed by atoms with E-state index in [1.165, 1.54) is 0 Å². The van der Waals surface area contributed by atoms with Crippen LogP contribution in [0.5, 0.6) is 0 Å². The van der Waals surface area contributed by atoms with E-state index in [4.69, 9.17) is 5.11 Å². The van der Waals surface area contributed by atoms with E-state index in [-0.39, 0.29) is 12.1 Å². The lowest BCUT2D eigenvalue weighted by atomic mass is 10.0. The Morgan fingerprint density at radius 1 is 1.40 bits per heavy atom. The van der Waals surface area contributed by atoms with Gasteiger partial charge in [0, 0.05) is 18.3 Å². The van der Waals surface area contributed by atoms with Crippen molar-refractivity contribution in [3.05, 3.63) is 17.6 Å². The van der Waals surface area contributed by atoms with E-state index in [1.54, 1.807) is 6.20 Å². The molecule has 4 heteroatoms. The first-order valence-corrected chi connectivity index (χ1v) is 5.14. The minimum absolute atomic E-state index is 0.165. The average Bonchev–Trinajstić information content (AvgIpc) is 2.10. The number of aliphatic hydroxyl groups is 1. The summed E-state index contributed by atoms with van der Waals surface area (Å²) in [6.07, 6.45) is 2.43. The highest BCUT2D eigenvalue weighted by Crippen LogP contribution is 2.18. The molecule has 15 heavy (non-hydrogen) atoms. The molecule has 0 atom stereocenters. The topological polar surface area (TPSA) is 58.0 Å². The molecule has 0 bridgehead atoms. The van der Waals surface area contributed by atoms with Crippen LogP contribution in [0.3, 0.4) is 0 Å². The van der Waals surface area contributed by atoms with E-state index in [2.05, 4.69) is 15.3 Å². The van der Waals surface area contributed by atoms with Crippen molar-refractivity contribution in [2.45, 2.75) is 39.7 Å². The molecule has 1 heterocycles. The second kappa shape index (κ2) is 4.57. The lowest BCUT2D eigenvalue weighted by Gasteiger charge is -2.26. The molecule has 0 aliphatic heterocycles. The lowest BCUT2D eigenvalue weighted by molar-refractivity contribution is 0.260. The van der Waals surface area contributed by atoms with Crippen molar-refractivity contribution >= 4 is 5.82 Å². The Kier molecular flexibility index (Phi) is 3.63. The summed E-state index contributed by atoms with van der Waals surface area (Å²) in [7, 11) is 0. The third-order valence-electron chi connectivity index (χ3n) is 2.27. The van der Waals surface area contributed by atoms with E-state index in [0.29, 0.717) is 6.42 Å². The second-order valence-corrected chi connectivity index (χ2v) is 4.43. The van der Waals surface area contributed by atoms with Crippen LogP contribution in [0.15, 0.2) is 6.20 Å². The Balaban J connectivity index is 2.83. The van der Waals surface area contributed by atoms with Gasteiger partial charge in [0.05, 0.1) is 11.4 Å². The number of nitrogens with one attached hydrogen (secondary N) is 1. The zero-order valence-electron chi connectivity index (χ0n) is 9.83. The van der Waals surface area contributed by atoms with E-state index in [0.717, 1.165) is 17.2 Å². The highest BCUT2D eigenvalue weighted by Gasteiger charge is 2.18. The standard InChI is InChI=1S/C11H19N3O/c1-8-7-12-9(2)10(13-8)14-11(3,4)5-6-15/h7,15H,5-6H2,1-4H3,(H,13,14). The maximum atomic E-state index is 8.93. The van der Waals surface area contributed by atoms with E-state index in [1.807, 2.05) is 27.7 Å². The first-order chi connectivity index (χ1) is 6.94. The first-order valence-electron chi connectivity index (χ1n) is 5.14. The summed E-state index contributed by atoms with van der Waals surface area (Å²) in [6.45, 7) is 8.07. The summed E-state index contributed by atoms with van der Waals surface area (Å²) in [4.78, 5) is 8.62. The number of nitrogens with zero attached hydrogens (tertiary/aromatic N) is 2. The molecule has 0 saturated carbocycles. The highest BCUT2D eigenvalue weighted by molar-refractivity contribution is 5.41. The van der Waals surface area contributed by atoms with Crippen molar-refractivity contribution in [3.63, 3.8) is 0 Å². The maximum Gasteiger partial charge on any atom is 0.148 e. The fourth-order valence-electron chi connectivity index (χ4n) is 1.32. The monoisotopic (exact) mass is 209 g/mol. The van der Waals surface area contributed by atoms with Crippen LogP contribution in [-0.4, -0.2) is 27.2 Å². The van der Waals surface area contributed by atoms with Gasteiger partial charge in [0.2, 0.25) is 0 Å². The number of anilines is 1. The number of aliphatic hydroxyl groups excluding tert-OH is 1. The van der Waals surface area contributed by atoms with Crippen molar-refractivity contribution in [2.24, 2.45) is 0 Å². The Hall–Kier alpha value is -1.16. The molecule has 0 aliphatic carbocycles. The molecule has 0 aliphatic rings. The van der Waals surface area contributed by atoms with Gasteiger partial charge >= 0.3 is 0 Å². The van der Waals surface area contributed by atoms with Gasteiger partial charge in [-0.3, -0.25) is 4.98 Å². The molecule has 4 nitrogen and oxygen atoms in total. The minimum Gasteiger partial charge on any atom is -0.396 e. The molecule has 1 aromatic rings. The molecule has 0 spiro atoms. The van der Waals surface area contributed by atoms with Crippen LogP contribution in [0.4, 0.5) is 5.82 Å². The SMILES string of the molecule is Cc1cnc(C)c(NC(C)(C)CCO)n1. The average molecular weight is 209 g/mol. The Morgan fingerprint density at radius 2 is 2.07 bits per heavy atom. The van der Waals surface area contributed by atoms with Gasteiger partial charge in [0.1, 0.15) is 5.82 Å². The van der Waals surface area contributed by atoms with Gasteiger partial charge in [-0.1, -0.05) is 0 Å². The number of aromatic nitrogens is 2. The van der Waals surface area contributed by atoms with Crippen LogP contribution < -0.4 is 5.32 Å². The molecule has 0 saturated heterocycles. The first kappa shape index (κ1) is 11.9. The highest BCUT2D eigenvalue weighted by atomic mass is 16.3. The molecule has 0 fully saturated rings. The minimum atomic E-state index is -0.165. The molecule has 0 unspecified atom stereocenters. The predicted molar refractivity (Wildman–Crippen MR) is 60.9 cm³/mol. The summed E-state index contributed by atoms with van der Waals surface area (Å²) >= 11 is 0. The predicted octanol–water partition coefficient (Wildman–Crippen LogP) is 1.67. The van der Waals surface area contributed by atoms with Crippen LogP contribution in [0.25, 0.3) is 0 Å². The molecule has 0 aromatic carbocycles. The number of aryl methyl sites for hydroxylation is 2. The van der Waals surface area contributed by atoms with E-state index >= 15 is 0 Å². The quantitative estimate of drug-likeness (QED) is 0.792. The fraction of sp³-hybridized carbons (Fsp3) is 0.636. The van der Waals surface area contributed by atoms with Gasteiger partial charge in [-0.25, -0.2) is 4.98 Å². The summed E-state index contributed by atoms with van der Waals surface area (Å²) in [6, 6.07) is 0. The van der Waals surface area contributed by atoms with Crippen molar-refractivity contribution in [1.29, 1.82) is 0 Å². The number of rotatable bonds is 4. The molecular weight excluding hydrogens is 190 g/mol. The van der Waals surface area contributed by atoms with Gasteiger partial charge in [0.15, 0.2) is 0 Å². The lowest BCUT2D eigenvalue weighted by Crippen LogP contribution is -2.32. The van der Waals surface area contributed by atoms with Crippen LogP contribution in [0.2, 0.25) is 0 Å². The van der Waals surface area contributed by atoms with Crippen molar-refractivity contribution < 1.29 is 5.11 Å². The van der Waals surface area contributed by atoms with Crippen molar-refractivity contribution in [1.82, 2.24) is 9.97 Å². The Morgan fingerprint density at radius 3 is 2.67 bits per heavy atom. The summed E-state index contributed by atoms with van der Waals surface area (Å²) in [5.74, 6) is 0.799. The van der Waals surface area contributed by atoms with E-state index in [9.17, 15) is 0 Å². The summed E-state index contributed by atoms with van der Waals surface area (Å²) in [5, 5.41) is 12.2. The maximum absolute atomic E-state index is 8.93. The van der Waals surface area contributed by atoms with Crippen LogP contribution in [0, 0.1) is 13.8 Å². The van der Waals surface area contributed by atoms with E-state index < -0.39 is 0 Å². The molecule has 1 rings (SSSR count). The van der Waals surface area contributed by atoms with Gasteiger partial charge < -0.3 is 10.4 Å². The number of hydrogen-bond donors (Lipinski definition) is 2. The molecule has 2 N–H and O–H groups in total. The molecule has 0 radical (unpaired) electrons. The second-order valence-electron chi connectivity index (χ2n) is 4.43. The molecular formula is C11H19N3O. The summed E-state index contributed by atoms with van der Waals surface area (Å²) < 4.78 is 0. The third-order valence-corrected chi connectivity index (χ3v) is 2.27. The normalized spacial score (nSPS) is 11.5. The summed E-state index contributed by atoms with van der Waals surface area (Å²) in [5.41, 5.74) is 1.61. The molecule has 1 aromatic heterocycles. The Bertz CT molecular complexity index is 337.